The van der Waals surface area contributed by atoms with E-state index >= 15 is 0 Å². The molecule has 1 nitrogen and oxygen atoms in total. The Kier molecular flexibility index (Phi) is 1.73. The molecule has 13 heavy (non-hydrogen) atoms. The molecule has 0 amide bonds. The number of hydrogen-bond acceptors (Lipinski definition) is 1. The Hall–Kier alpha value is -0.850. The highest BCUT2D eigenvalue weighted by molar-refractivity contribution is 5.98. The van der Waals surface area contributed by atoms with Crippen LogP contribution in [0.2, 0.25) is 0 Å². The summed E-state index contributed by atoms with van der Waals surface area (Å²) in [6.07, 6.45) is 6.23. The molecule has 70 valence electrons. The van der Waals surface area contributed by atoms with Crippen LogP contribution in [0.1, 0.15) is 26.7 Å². The van der Waals surface area contributed by atoms with E-state index in [0.717, 1.165) is 18.4 Å². The van der Waals surface area contributed by atoms with Crippen LogP contribution in [-0.2, 0) is 4.79 Å². The highest BCUT2D eigenvalue weighted by Crippen LogP contribution is 2.58. The second kappa shape index (κ2) is 2.57. The Labute approximate surface area is 79.5 Å². The average molecular weight is 176 g/mol. The summed E-state index contributed by atoms with van der Waals surface area (Å²) < 4.78 is 0. The van der Waals surface area contributed by atoms with Gasteiger partial charge in [-0.05, 0) is 19.8 Å². The molecule has 1 saturated carbocycles. The molecule has 1 fully saturated rings. The number of carbonyl (C=O) groups is 1. The molecule has 0 saturated heterocycles. The lowest BCUT2D eigenvalue weighted by Crippen LogP contribution is -2.55. The summed E-state index contributed by atoms with van der Waals surface area (Å²) in [7, 11) is 0. The minimum absolute atomic E-state index is 0.197. The Morgan fingerprint density at radius 2 is 2.46 bits per heavy atom. The first-order chi connectivity index (χ1) is 6.14. The van der Waals surface area contributed by atoms with Crippen LogP contribution in [0.5, 0.6) is 0 Å². The molecule has 2 aliphatic rings. The Morgan fingerprint density at radius 3 is 3.00 bits per heavy atom. The van der Waals surface area contributed by atoms with Gasteiger partial charge in [0.25, 0.3) is 0 Å². The molecule has 0 radical (unpaired) electrons. The lowest BCUT2D eigenvalue weighted by molar-refractivity contribution is -0.148. The van der Waals surface area contributed by atoms with Gasteiger partial charge in [-0.1, -0.05) is 31.2 Å². The van der Waals surface area contributed by atoms with Crippen molar-refractivity contribution < 1.29 is 4.79 Å². The van der Waals surface area contributed by atoms with Gasteiger partial charge in [-0.3, -0.25) is 4.79 Å². The summed E-state index contributed by atoms with van der Waals surface area (Å²) in [4.78, 5) is 11.9. The minimum atomic E-state index is -0.197. The quantitative estimate of drug-likeness (QED) is 0.591. The fraction of sp³-hybridized carbons (Fsp3) is 0.583. The molecule has 2 aliphatic carbocycles. The number of Topliss-reactive ketones (excluding diaryl/α,β-unsaturated/α-hetero) is 1. The molecule has 0 N–H and O–H groups in total. The van der Waals surface area contributed by atoms with Crippen LogP contribution in [0.15, 0.2) is 24.3 Å². The first kappa shape index (κ1) is 8.74. The van der Waals surface area contributed by atoms with Crippen molar-refractivity contribution in [2.45, 2.75) is 26.7 Å². The van der Waals surface area contributed by atoms with Crippen molar-refractivity contribution in [1.82, 2.24) is 0 Å². The topological polar surface area (TPSA) is 17.1 Å². The van der Waals surface area contributed by atoms with Crippen molar-refractivity contribution in [1.29, 1.82) is 0 Å². The molecule has 2 rings (SSSR count). The number of fused-ring (bicyclic) bond motifs is 1. The smallest absolute Gasteiger partial charge is 0.147 e. The van der Waals surface area contributed by atoms with Crippen LogP contribution in [0.3, 0.4) is 0 Å². The van der Waals surface area contributed by atoms with E-state index in [0.29, 0.717) is 11.7 Å². The summed E-state index contributed by atoms with van der Waals surface area (Å²) in [6.45, 7) is 8.06. The summed E-state index contributed by atoms with van der Waals surface area (Å²) in [6, 6.07) is 0. The van der Waals surface area contributed by atoms with E-state index in [2.05, 4.69) is 25.7 Å². The van der Waals surface area contributed by atoms with Crippen LogP contribution >= 0.6 is 0 Å². The zero-order valence-corrected chi connectivity index (χ0v) is 8.34. The fourth-order valence-electron chi connectivity index (χ4n) is 3.04. The van der Waals surface area contributed by atoms with Crippen LogP contribution < -0.4 is 0 Å². The molecule has 0 spiro atoms. The van der Waals surface area contributed by atoms with Crippen LogP contribution in [-0.4, -0.2) is 5.78 Å². The average Bonchev–Trinajstić information content (AvgIpc) is 2.50. The van der Waals surface area contributed by atoms with Gasteiger partial charge in [0.05, 0.1) is 5.41 Å². The van der Waals surface area contributed by atoms with Gasteiger partial charge in [-0.2, -0.15) is 0 Å². The first-order valence-electron chi connectivity index (χ1n) is 5.01. The molecule has 3 atom stereocenters. The molecule has 0 heterocycles. The van der Waals surface area contributed by atoms with Gasteiger partial charge >= 0.3 is 0 Å². The minimum Gasteiger partial charge on any atom is -0.298 e. The van der Waals surface area contributed by atoms with E-state index in [1.54, 1.807) is 0 Å². The monoisotopic (exact) mass is 176 g/mol. The standard InChI is InChI=1S/C12H16O/c1-4-12(8(2)3)10-7-5-6-9(10)11(12)13/h5,7,9-10H,2,4,6H2,1,3H3. The van der Waals surface area contributed by atoms with Gasteiger partial charge in [-0.15, -0.1) is 0 Å². The Balaban J connectivity index is 2.36. The number of hydrogen-bond donors (Lipinski definition) is 0. The highest BCUT2D eigenvalue weighted by Gasteiger charge is 2.60. The number of carbonyl (C=O) groups excluding carboxylic acids is 1. The van der Waals surface area contributed by atoms with E-state index in [9.17, 15) is 4.79 Å². The maximum atomic E-state index is 11.9. The van der Waals surface area contributed by atoms with Crippen molar-refractivity contribution in [3.8, 4) is 0 Å². The molecule has 0 bridgehead atoms. The summed E-state index contributed by atoms with van der Waals surface area (Å²) in [5.74, 6) is 1.18. The third-order valence-corrected chi connectivity index (χ3v) is 3.83. The molecule has 0 aromatic heterocycles. The van der Waals surface area contributed by atoms with Crippen molar-refractivity contribution in [2.75, 3.05) is 0 Å². The molecule has 0 aromatic rings. The van der Waals surface area contributed by atoms with E-state index in [-0.39, 0.29) is 11.3 Å². The van der Waals surface area contributed by atoms with Crippen molar-refractivity contribution in [2.24, 2.45) is 17.3 Å². The Bertz CT molecular complexity index is 300. The maximum Gasteiger partial charge on any atom is 0.147 e. The SMILES string of the molecule is C=C(C)C1(CC)C(=O)C2CC=CC21. The highest BCUT2D eigenvalue weighted by atomic mass is 16.1. The molecule has 3 unspecified atom stereocenters. The van der Waals surface area contributed by atoms with Crippen LogP contribution in [0.4, 0.5) is 0 Å². The number of rotatable bonds is 2. The zero-order chi connectivity index (χ0) is 9.64. The fourth-order valence-corrected chi connectivity index (χ4v) is 3.04. The third-order valence-electron chi connectivity index (χ3n) is 3.83. The molecule has 0 aliphatic heterocycles. The normalized spacial score (nSPS) is 41.5. The summed E-state index contributed by atoms with van der Waals surface area (Å²) >= 11 is 0. The third kappa shape index (κ3) is 0.800. The second-order valence-corrected chi connectivity index (χ2v) is 4.27. The molecular formula is C12H16O. The number of allylic oxidation sites excluding steroid dienone is 3. The summed E-state index contributed by atoms with van der Waals surface area (Å²) in [5, 5.41) is 0. The largest absolute Gasteiger partial charge is 0.298 e. The molecule has 0 aromatic carbocycles. The van der Waals surface area contributed by atoms with E-state index < -0.39 is 0 Å². The van der Waals surface area contributed by atoms with Crippen LogP contribution in [0.25, 0.3) is 0 Å². The maximum absolute atomic E-state index is 11.9. The second-order valence-electron chi connectivity index (χ2n) is 4.27. The molecular weight excluding hydrogens is 160 g/mol. The lowest BCUT2D eigenvalue weighted by Gasteiger charge is -2.50. The molecule has 1 heteroatoms. The van der Waals surface area contributed by atoms with Gasteiger partial charge in [0.15, 0.2) is 0 Å². The van der Waals surface area contributed by atoms with Crippen LogP contribution in [0, 0.1) is 17.3 Å². The predicted octanol–water partition coefficient (Wildman–Crippen LogP) is 2.73. The lowest BCUT2D eigenvalue weighted by atomic mass is 9.50. The van der Waals surface area contributed by atoms with Crippen molar-refractivity contribution in [3.63, 3.8) is 0 Å². The summed E-state index contributed by atoms with van der Waals surface area (Å²) in [5.41, 5.74) is 0.852. The Morgan fingerprint density at radius 1 is 1.77 bits per heavy atom. The number of ketones is 1. The van der Waals surface area contributed by atoms with Gasteiger partial charge < -0.3 is 0 Å². The zero-order valence-electron chi connectivity index (χ0n) is 8.34. The first-order valence-corrected chi connectivity index (χ1v) is 5.01. The van der Waals surface area contributed by atoms with Crippen molar-refractivity contribution in [3.05, 3.63) is 24.3 Å². The predicted molar refractivity (Wildman–Crippen MR) is 53.3 cm³/mol. The van der Waals surface area contributed by atoms with Gasteiger partial charge in [0.1, 0.15) is 5.78 Å². The van der Waals surface area contributed by atoms with Gasteiger partial charge in [0, 0.05) is 11.8 Å². The van der Waals surface area contributed by atoms with E-state index in [1.807, 2.05) is 6.92 Å². The van der Waals surface area contributed by atoms with Gasteiger partial charge in [0.2, 0.25) is 0 Å². The van der Waals surface area contributed by atoms with E-state index in [4.69, 9.17) is 0 Å². The van der Waals surface area contributed by atoms with Crippen molar-refractivity contribution >= 4 is 5.78 Å². The van der Waals surface area contributed by atoms with Gasteiger partial charge in [-0.25, -0.2) is 0 Å². The van der Waals surface area contributed by atoms with E-state index in [1.165, 1.54) is 0 Å².